The zero-order chi connectivity index (χ0) is 15.5. The molecule has 1 aliphatic rings. The van der Waals surface area contributed by atoms with Gasteiger partial charge in [-0.1, -0.05) is 0 Å². The van der Waals surface area contributed by atoms with Gasteiger partial charge in [0.05, 0.1) is 30.8 Å². The standard InChI is InChI=1S/C16H18N6O/c1-2-15-16(18-12-19-22(15)5-1)20-13-3-4-14(17-10-13)11-21-6-8-23-9-7-21/h1-5,10,12H,6-9,11H2,(H,18,19,20). The summed E-state index contributed by atoms with van der Waals surface area (Å²) in [7, 11) is 0. The van der Waals surface area contributed by atoms with E-state index < -0.39 is 0 Å². The van der Waals surface area contributed by atoms with Gasteiger partial charge in [0.25, 0.3) is 0 Å². The largest absolute Gasteiger partial charge is 0.379 e. The number of rotatable bonds is 4. The highest BCUT2D eigenvalue weighted by Crippen LogP contribution is 2.18. The molecule has 0 saturated carbocycles. The van der Waals surface area contributed by atoms with Gasteiger partial charge in [0.1, 0.15) is 11.8 Å². The number of ether oxygens (including phenoxy) is 1. The van der Waals surface area contributed by atoms with E-state index in [2.05, 4.69) is 25.3 Å². The van der Waals surface area contributed by atoms with E-state index >= 15 is 0 Å². The predicted octanol–water partition coefficient (Wildman–Crippen LogP) is 1.70. The molecule has 7 nitrogen and oxygen atoms in total. The Morgan fingerprint density at radius 2 is 2.04 bits per heavy atom. The highest BCUT2D eigenvalue weighted by molar-refractivity contribution is 5.72. The maximum atomic E-state index is 5.37. The number of fused-ring (bicyclic) bond motifs is 1. The van der Waals surface area contributed by atoms with Gasteiger partial charge in [0.15, 0.2) is 5.82 Å². The molecular formula is C16H18N6O. The molecule has 7 heteroatoms. The van der Waals surface area contributed by atoms with E-state index in [9.17, 15) is 0 Å². The van der Waals surface area contributed by atoms with Crippen LogP contribution in [0.3, 0.4) is 0 Å². The molecular weight excluding hydrogens is 292 g/mol. The number of morpholine rings is 1. The Morgan fingerprint density at radius 1 is 1.13 bits per heavy atom. The first-order valence-electron chi connectivity index (χ1n) is 7.69. The van der Waals surface area contributed by atoms with Gasteiger partial charge in [-0.3, -0.25) is 9.88 Å². The molecule has 0 aromatic carbocycles. The number of hydrogen-bond acceptors (Lipinski definition) is 6. The lowest BCUT2D eigenvalue weighted by Crippen LogP contribution is -2.35. The van der Waals surface area contributed by atoms with E-state index in [1.54, 1.807) is 4.52 Å². The van der Waals surface area contributed by atoms with Crippen molar-refractivity contribution in [1.82, 2.24) is 24.5 Å². The minimum absolute atomic E-state index is 0.771. The molecule has 3 aromatic heterocycles. The molecule has 1 fully saturated rings. The van der Waals surface area contributed by atoms with Crippen LogP contribution < -0.4 is 5.32 Å². The van der Waals surface area contributed by atoms with Crippen molar-refractivity contribution in [3.8, 4) is 0 Å². The van der Waals surface area contributed by atoms with Gasteiger partial charge in [-0.25, -0.2) is 9.50 Å². The molecule has 3 aromatic rings. The van der Waals surface area contributed by atoms with Gasteiger partial charge < -0.3 is 10.1 Å². The molecule has 0 radical (unpaired) electrons. The normalized spacial score (nSPS) is 15.8. The third-order valence-electron chi connectivity index (χ3n) is 3.91. The van der Waals surface area contributed by atoms with Gasteiger partial charge in [0.2, 0.25) is 0 Å². The van der Waals surface area contributed by atoms with E-state index in [1.165, 1.54) is 6.33 Å². The van der Waals surface area contributed by atoms with E-state index in [-0.39, 0.29) is 0 Å². The van der Waals surface area contributed by atoms with Crippen LogP contribution in [0, 0.1) is 0 Å². The molecule has 0 aliphatic carbocycles. The zero-order valence-electron chi connectivity index (χ0n) is 12.7. The molecule has 4 heterocycles. The number of anilines is 2. The van der Waals surface area contributed by atoms with Crippen LogP contribution in [0.1, 0.15) is 5.69 Å². The lowest BCUT2D eigenvalue weighted by Gasteiger charge is -2.26. The summed E-state index contributed by atoms with van der Waals surface area (Å²) in [4.78, 5) is 11.2. The van der Waals surface area contributed by atoms with Crippen LogP contribution in [0.2, 0.25) is 0 Å². The summed E-state index contributed by atoms with van der Waals surface area (Å²) in [5.74, 6) is 0.771. The molecule has 0 spiro atoms. The SMILES string of the molecule is c1cc2c(Nc3ccc(CN4CCOCC4)nc3)ncnn2c1. The maximum absolute atomic E-state index is 5.37. The van der Waals surface area contributed by atoms with Crippen molar-refractivity contribution < 1.29 is 4.74 Å². The Balaban J connectivity index is 1.46. The average molecular weight is 310 g/mol. The van der Waals surface area contributed by atoms with Gasteiger partial charge in [-0.15, -0.1) is 0 Å². The van der Waals surface area contributed by atoms with Gasteiger partial charge >= 0.3 is 0 Å². The minimum Gasteiger partial charge on any atom is -0.379 e. The van der Waals surface area contributed by atoms with Crippen molar-refractivity contribution in [3.63, 3.8) is 0 Å². The Kier molecular flexibility index (Phi) is 3.87. The van der Waals surface area contributed by atoms with Crippen LogP contribution in [0.15, 0.2) is 43.0 Å². The lowest BCUT2D eigenvalue weighted by atomic mass is 10.3. The molecule has 1 saturated heterocycles. The number of nitrogens with one attached hydrogen (secondary N) is 1. The van der Waals surface area contributed by atoms with Crippen LogP contribution in [-0.2, 0) is 11.3 Å². The van der Waals surface area contributed by atoms with Crippen molar-refractivity contribution in [2.24, 2.45) is 0 Å². The predicted molar refractivity (Wildman–Crippen MR) is 86.6 cm³/mol. The van der Waals surface area contributed by atoms with Crippen molar-refractivity contribution >= 4 is 17.0 Å². The lowest BCUT2D eigenvalue weighted by molar-refractivity contribution is 0.0336. The summed E-state index contributed by atoms with van der Waals surface area (Å²) >= 11 is 0. The second-order valence-corrected chi connectivity index (χ2v) is 5.50. The highest BCUT2D eigenvalue weighted by atomic mass is 16.5. The number of aromatic nitrogens is 4. The third kappa shape index (κ3) is 3.15. The van der Waals surface area contributed by atoms with Crippen LogP contribution in [0.4, 0.5) is 11.5 Å². The van der Waals surface area contributed by atoms with Crippen LogP contribution >= 0.6 is 0 Å². The van der Waals surface area contributed by atoms with Crippen LogP contribution in [0.5, 0.6) is 0 Å². The van der Waals surface area contributed by atoms with E-state index in [4.69, 9.17) is 4.74 Å². The average Bonchev–Trinajstić information content (AvgIpc) is 3.07. The summed E-state index contributed by atoms with van der Waals surface area (Å²) in [5.41, 5.74) is 2.91. The van der Waals surface area contributed by atoms with Gasteiger partial charge in [-0.2, -0.15) is 5.10 Å². The first-order valence-corrected chi connectivity index (χ1v) is 7.69. The molecule has 1 aliphatic heterocycles. The number of hydrogen-bond donors (Lipinski definition) is 1. The number of nitrogens with zero attached hydrogens (tertiary/aromatic N) is 5. The quantitative estimate of drug-likeness (QED) is 0.791. The molecule has 118 valence electrons. The van der Waals surface area contributed by atoms with E-state index in [0.29, 0.717) is 0 Å². The summed E-state index contributed by atoms with van der Waals surface area (Å²) in [6.07, 6.45) is 5.28. The minimum atomic E-state index is 0.771. The molecule has 1 N–H and O–H groups in total. The smallest absolute Gasteiger partial charge is 0.158 e. The molecule has 4 rings (SSSR count). The van der Waals surface area contributed by atoms with Gasteiger partial charge in [0, 0.05) is 25.8 Å². The van der Waals surface area contributed by atoms with Crippen molar-refractivity contribution in [2.45, 2.75) is 6.54 Å². The molecule has 23 heavy (non-hydrogen) atoms. The molecule has 0 atom stereocenters. The van der Waals surface area contributed by atoms with Gasteiger partial charge in [-0.05, 0) is 24.3 Å². The summed E-state index contributed by atoms with van der Waals surface area (Å²) < 4.78 is 7.15. The topological polar surface area (TPSA) is 67.6 Å². The van der Waals surface area contributed by atoms with E-state index in [0.717, 1.165) is 55.6 Å². The number of pyridine rings is 1. The summed E-state index contributed by atoms with van der Waals surface area (Å²) in [6.45, 7) is 4.41. The third-order valence-corrected chi connectivity index (χ3v) is 3.91. The zero-order valence-corrected chi connectivity index (χ0v) is 12.7. The molecule has 0 amide bonds. The second kappa shape index (κ2) is 6.31. The Hall–Kier alpha value is -2.51. The highest BCUT2D eigenvalue weighted by Gasteiger charge is 2.11. The van der Waals surface area contributed by atoms with Crippen LogP contribution in [0.25, 0.3) is 5.52 Å². The Labute approximate surface area is 133 Å². The molecule has 0 unspecified atom stereocenters. The fourth-order valence-corrected chi connectivity index (χ4v) is 2.68. The van der Waals surface area contributed by atoms with Crippen molar-refractivity contribution in [1.29, 1.82) is 0 Å². The fraction of sp³-hybridized carbons (Fsp3) is 0.312. The first-order chi connectivity index (χ1) is 11.4. The summed E-state index contributed by atoms with van der Waals surface area (Å²) in [6, 6.07) is 8.00. The maximum Gasteiger partial charge on any atom is 0.158 e. The summed E-state index contributed by atoms with van der Waals surface area (Å²) in [5, 5.41) is 7.45. The van der Waals surface area contributed by atoms with Crippen molar-refractivity contribution in [2.75, 3.05) is 31.6 Å². The second-order valence-electron chi connectivity index (χ2n) is 5.50. The monoisotopic (exact) mass is 310 g/mol. The van der Waals surface area contributed by atoms with Crippen LogP contribution in [-0.4, -0.2) is 50.8 Å². The molecule has 0 bridgehead atoms. The van der Waals surface area contributed by atoms with E-state index in [1.807, 2.05) is 36.7 Å². The Bertz CT molecular complexity index is 779. The first kappa shape index (κ1) is 14.1. The Morgan fingerprint density at radius 3 is 2.87 bits per heavy atom. The van der Waals surface area contributed by atoms with Crippen molar-refractivity contribution in [3.05, 3.63) is 48.7 Å². The fourth-order valence-electron chi connectivity index (χ4n) is 2.68.